The molecule has 0 spiro atoms. The molecule has 1 aliphatic carbocycles. The van der Waals surface area contributed by atoms with E-state index in [0.29, 0.717) is 34.6 Å². The summed E-state index contributed by atoms with van der Waals surface area (Å²) in [6.07, 6.45) is 2.16. The van der Waals surface area contributed by atoms with E-state index in [0.717, 1.165) is 39.0 Å². The van der Waals surface area contributed by atoms with Gasteiger partial charge in [0.2, 0.25) is 10.7 Å². The molecule has 0 radical (unpaired) electrons. The molecule has 35 heavy (non-hydrogen) atoms. The van der Waals surface area contributed by atoms with E-state index < -0.39 is 0 Å². The van der Waals surface area contributed by atoms with Gasteiger partial charge in [-0.2, -0.15) is 0 Å². The Morgan fingerprint density at radius 1 is 1.03 bits per heavy atom. The molecule has 1 aromatic heterocycles. The second-order valence-electron chi connectivity index (χ2n) is 9.18. The topological polar surface area (TPSA) is 58.3 Å². The summed E-state index contributed by atoms with van der Waals surface area (Å²) in [5.41, 5.74) is 1.39. The average molecular weight is 499 g/mol. The third kappa shape index (κ3) is 5.34. The molecule has 2 heterocycles. The van der Waals surface area contributed by atoms with Crippen molar-refractivity contribution in [1.82, 2.24) is 29.5 Å². The number of hydrogen-bond donors (Lipinski definition) is 1. The lowest BCUT2D eigenvalue weighted by Gasteiger charge is -2.37. The van der Waals surface area contributed by atoms with Crippen molar-refractivity contribution >= 4 is 18.1 Å². The number of piperazine rings is 1. The number of carbonyl (C=O) groups is 1. The number of rotatable bonds is 7. The number of aromatic nitrogens is 3. The van der Waals surface area contributed by atoms with Crippen LogP contribution in [0.2, 0.25) is 0 Å². The van der Waals surface area contributed by atoms with Crippen LogP contribution in [0.1, 0.15) is 19.8 Å². The maximum Gasteiger partial charge on any atom is 0.237 e. The lowest BCUT2D eigenvalue weighted by molar-refractivity contribution is -0.126. The summed E-state index contributed by atoms with van der Waals surface area (Å²) in [7, 11) is 0. The first kappa shape index (κ1) is 23.8. The van der Waals surface area contributed by atoms with Gasteiger partial charge in [-0.3, -0.25) is 19.2 Å². The molecule has 184 valence electrons. The largest absolute Gasteiger partial charge is 0.352 e. The monoisotopic (exact) mass is 498 g/mol. The Morgan fingerprint density at radius 3 is 2.23 bits per heavy atom. The van der Waals surface area contributed by atoms with Crippen LogP contribution in [0.15, 0.2) is 48.5 Å². The van der Waals surface area contributed by atoms with E-state index in [4.69, 9.17) is 17.3 Å². The summed E-state index contributed by atoms with van der Waals surface area (Å²) >= 11 is 5.77. The van der Waals surface area contributed by atoms with Gasteiger partial charge in [0.1, 0.15) is 11.6 Å². The van der Waals surface area contributed by atoms with E-state index in [-0.39, 0.29) is 23.6 Å². The van der Waals surface area contributed by atoms with Gasteiger partial charge in [0.05, 0.1) is 18.4 Å². The molecule has 2 aromatic carbocycles. The predicted octanol–water partition coefficient (Wildman–Crippen LogP) is 3.59. The van der Waals surface area contributed by atoms with E-state index in [1.165, 1.54) is 24.3 Å². The highest BCUT2D eigenvalue weighted by molar-refractivity contribution is 7.71. The van der Waals surface area contributed by atoms with Gasteiger partial charge in [-0.25, -0.2) is 13.5 Å². The van der Waals surface area contributed by atoms with E-state index in [1.807, 2.05) is 6.92 Å². The van der Waals surface area contributed by atoms with E-state index in [1.54, 1.807) is 33.5 Å². The third-order valence-electron chi connectivity index (χ3n) is 6.62. The number of hydrogen-bond acceptors (Lipinski definition) is 5. The number of halogens is 2. The number of benzene rings is 2. The van der Waals surface area contributed by atoms with Crippen molar-refractivity contribution in [2.24, 2.45) is 0 Å². The molecule has 5 rings (SSSR count). The molecule has 1 amide bonds. The van der Waals surface area contributed by atoms with Crippen LogP contribution < -0.4 is 5.32 Å². The number of carbonyl (C=O) groups excluding carboxylic acids is 1. The molecule has 7 nitrogen and oxygen atoms in total. The molecule has 2 aliphatic rings. The minimum Gasteiger partial charge on any atom is -0.352 e. The van der Waals surface area contributed by atoms with E-state index >= 15 is 0 Å². The van der Waals surface area contributed by atoms with Crippen LogP contribution in [0.25, 0.3) is 17.1 Å². The van der Waals surface area contributed by atoms with Crippen molar-refractivity contribution in [2.75, 3.05) is 26.2 Å². The van der Waals surface area contributed by atoms with Crippen molar-refractivity contribution in [3.05, 3.63) is 64.9 Å². The molecule has 1 N–H and O–H groups in total. The fourth-order valence-electron chi connectivity index (χ4n) is 4.31. The average Bonchev–Trinajstić information content (AvgIpc) is 3.62. The summed E-state index contributed by atoms with van der Waals surface area (Å²) in [6, 6.07) is 12.3. The molecule has 1 atom stereocenters. The zero-order valence-corrected chi connectivity index (χ0v) is 20.3. The second kappa shape index (κ2) is 9.96. The Hall–Kier alpha value is -2.95. The highest BCUT2D eigenvalue weighted by Gasteiger charge is 2.30. The minimum absolute atomic E-state index is 0.102. The summed E-state index contributed by atoms with van der Waals surface area (Å²) in [4.78, 5) is 16.9. The van der Waals surface area contributed by atoms with Gasteiger partial charge in [0.15, 0.2) is 5.82 Å². The van der Waals surface area contributed by atoms with Gasteiger partial charge in [0, 0.05) is 37.8 Å². The molecule has 0 bridgehead atoms. The molecule has 10 heteroatoms. The Balaban J connectivity index is 1.34. The zero-order valence-electron chi connectivity index (χ0n) is 19.5. The standard InChI is InChI=1S/C25H28F2N6OS/c1-17(24(34)28-21-8-9-21)31-14-12-30(13-15-31)16-32-25(35)33(22-10-6-20(27)7-11-22)23(29-32)18-2-4-19(26)5-3-18/h2-7,10-11,17,21H,8-9,12-16H2,1H3,(H,28,34)/t17-/m0/s1. The smallest absolute Gasteiger partial charge is 0.237 e. The van der Waals surface area contributed by atoms with E-state index in [9.17, 15) is 13.6 Å². The molecular weight excluding hydrogens is 470 g/mol. The Bertz CT molecular complexity index is 1240. The second-order valence-corrected chi connectivity index (χ2v) is 9.54. The van der Waals surface area contributed by atoms with Crippen molar-refractivity contribution in [3.63, 3.8) is 0 Å². The number of nitrogens with zero attached hydrogens (tertiary/aromatic N) is 5. The highest BCUT2D eigenvalue weighted by atomic mass is 32.1. The summed E-state index contributed by atoms with van der Waals surface area (Å²) < 4.78 is 31.1. The molecular formula is C25H28F2N6OS. The SMILES string of the molecule is C[C@@H](C(=O)NC1CC1)N1CCN(Cn2nc(-c3ccc(F)cc3)n(-c3ccc(F)cc3)c2=S)CC1. The van der Waals surface area contributed by atoms with Gasteiger partial charge in [-0.1, -0.05) is 0 Å². The fourth-order valence-corrected chi connectivity index (χ4v) is 4.60. The normalized spacial score (nSPS) is 17.9. The minimum atomic E-state index is -0.339. The first-order chi connectivity index (χ1) is 16.9. The van der Waals surface area contributed by atoms with Crippen molar-refractivity contribution in [1.29, 1.82) is 0 Å². The molecule has 2 fully saturated rings. The maximum atomic E-state index is 13.6. The first-order valence-corrected chi connectivity index (χ1v) is 12.3. The van der Waals surface area contributed by atoms with Gasteiger partial charge >= 0.3 is 0 Å². The predicted molar refractivity (Wildman–Crippen MR) is 132 cm³/mol. The lowest BCUT2D eigenvalue weighted by atomic mass is 10.2. The molecule has 0 unspecified atom stereocenters. The summed E-state index contributed by atoms with van der Waals surface area (Å²) in [6.45, 7) is 5.54. The lowest BCUT2D eigenvalue weighted by Crippen LogP contribution is -2.54. The molecule has 1 saturated heterocycles. The van der Waals surface area contributed by atoms with Crippen molar-refractivity contribution in [3.8, 4) is 17.1 Å². The Morgan fingerprint density at radius 2 is 1.63 bits per heavy atom. The Kier molecular flexibility index (Phi) is 6.77. The van der Waals surface area contributed by atoms with E-state index in [2.05, 4.69) is 15.1 Å². The van der Waals surface area contributed by atoms with Gasteiger partial charge in [0.25, 0.3) is 0 Å². The van der Waals surface area contributed by atoms with Crippen LogP contribution >= 0.6 is 12.2 Å². The summed E-state index contributed by atoms with van der Waals surface area (Å²) in [5.74, 6) is -0.0114. The zero-order chi connectivity index (χ0) is 24.5. The van der Waals surface area contributed by atoms with Crippen LogP contribution in [0.4, 0.5) is 8.78 Å². The first-order valence-electron chi connectivity index (χ1n) is 11.9. The molecule has 1 saturated carbocycles. The van der Waals surface area contributed by atoms with Crippen LogP contribution in [-0.2, 0) is 11.5 Å². The Labute approximate surface area is 208 Å². The van der Waals surface area contributed by atoms with Crippen LogP contribution in [0.3, 0.4) is 0 Å². The third-order valence-corrected chi connectivity index (χ3v) is 7.01. The number of amides is 1. The molecule has 1 aliphatic heterocycles. The van der Waals surface area contributed by atoms with Gasteiger partial charge in [-0.05, 0) is 80.5 Å². The fraction of sp³-hybridized carbons (Fsp3) is 0.400. The summed E-state index contributed by atoms with van der Waals surface area (Å²) in [5, 5.41) is 7.85. The van der Waals surface area contributed by atoms with Crippen LogP contribution in [0, 0.1) is 16.4 Å². The van der Waals surface area contributed by atoms with Crippen LogP contribution in [0.5, 0.6) is 0 Å². The number of nitrogens with one attached hydrogen (secondary N) is 1. The van der Waals surface area contributed by atoms with Crippen molar-refractivity contribution < 1.29 is 13.6 Å². The van der Waals surface area contributed by atoms with Gasteiger partial charge < -0.3 is 5.32 Å². The maximum absolute atomic E-state index is 13.6. The van der Waals surface area contributed by atoms with Crippen LogP contribution in [-0.4, -0.2) is 68.3 Å². The van der Waals surface area contributed by atoms with Gasteiger partial charge in [-0.15, -0.1) is 5.10 Å². The quantitative estimate of drug-likeness (QED) is 0.505. The highest BCUT2D eigenvalue weighted by Crippen LogP contribution is 2.24. The molecule has 3 aromatic rings. The van der Waals surface area contributed by atoms with Crippen molar-refractivity contribution in [2.45, 2.75) is 38.5 Å².